The number of hydrogen-bond donors (Lipinski definition) is 3. The highest BCUT2D eigenvalue weighted by Gasteiger charge is 2.06. The van der Waals surface area contributed by atoms with Crippen LogP contribution in [-0.4, -0.2) is 32.3 Å². The Labute approximate surface area is 109 Å². The van der Waals surface area contributed by atoms with Crippen molar-refractivity contribution in [1.29, 1.82) is 5.26 Å². The maximum Gasteiger partial charge on any atom is 0.216 e. The van der Waals surface area contributed by atoms with Crippen molar-refractivity contribution in [2.24, 2.45) is 0 Å². The second-order valence-corrected chi connectivity index (χ2v) is 3.68. The third kappa shape index (κ3) is 3.14. The van der Waals surface area contributed by atoms with E-state index in [0.717, 1.165) is 11.3 Å². The lowest BCUT2D eigenvalue weighted by Gasteiger charge is -2.07. The number of allylic oxidation sites excluding steroid dienone is 1. The summed E-state index contributed by atoms with van der Waals surface area (Å²) in [6, 6.07) is 9.53. The molecule has 0 fully saturated rings. The van der Waals surface area contributed by atoms with Gasteiger partial charge in [-0.2, -0.15) is 10.5 Å². The maximum atomic E-state index is 9.03. The van der Waals surface area contributed by atoms with E-state index in [9.17, 15) is 0 Å². The van der Waals surface area contributed by atoms with Gasteiger partial charge in [0, 0.05) is 18.5 Å². The zero-order valence-corrected chi connectivity index (χ0v) is 10.0. The molecule has 0 atom stereocenters. The summed E-state index contributed by atoms with van der Waals surface area (Å²) in [5.41, 5.74) is 2.06. The Bertz CT molecular complexity index is 599. The number of rotatable bonds is 5. The minimum atomic E-state index is 0.0678. The molecule has 1 aromatic heterocycles. The molecule has 0 radical (unpaired) electrons. The Balaban J connectivity index is 2.20. The number of hydrogen-bond acceptors (Lipinski definition) is 6. The molecule has 0 saturated heterocycles. The number of para-hydroxylation sites is 1. The van der Waals surface area contributed by atoms with E-state index in [1.807, 2.05) is 30.3 Å². The maximum absolute atomic E-state index is 9.03. The molecule has 0 bridgehead atoms. The van der Waals surface area contributed by atoms with Crippen molar-refractivity contribution < 1.29 is 5.11 Å². The molecule has 0 aliphatic rings. The number of aromatic nitrogens is 4. The Morgan fingerprint density at radius 2 is 2.32 bits per heavy atom. The first kappa shape index (κ1) is 12.7. The Kier molecular flexibility index (Phi) is 4.21. The predicted octanol–water partition coefficient (Wildman–Crippen LogP) is 0.711. The molecule has 0 aliphatic carbocycles. The first-order valence-electron chi connectivity index (χ1n) is 5.64. The molecule has 2 rings (SSSR count). The largest absolute Gasteiger partial charge is 0.396 e. The fourth-order valence-corrected chi connectivity index (χ4v) is 1.57. The van der Waals surface area contributed by atoms with E-state index in [1.54, 1.807) is 0 Å². The van der Waals surface area contributed by atoms with Gasteiger partial charge in [-0.15, -0.1) is 10.2 Å². The molecule has 3 N–H and O–H groups in total. The Hall–Kier alpha value is -2.72. The minimum Gasteiger partial charge on any atom is -0.396 e. The van der Waals surface area contributed by atoms with Crippen molar-refractivity contribution >= 4 is 11.3 Å². The monoisotopic (exact) mass is 256 g/mol. The number of nitrogens with zero attached hydrogens (tertiary/aromatic N) is 4. The van der Waals surface area contributed by atoms with Crippen molar-refractivity contribution in [2.75, 3.05) is 11.9 Å². The van der Waals surface area contributed by atoms with Crippen LogP contribution in [0.4, 0.5) is 5.69 Å². The lowest BCUT2D eigenvalue weighted by Crippen LogP contribution is -1.99. The fourth-order valence-electron chi connectivity index (χ4n) is 1.57. The summed E-state index contributed by atoms with van der Waals surface area (Å²) in [7, 11) is 0. The van der Waals surface area contributed by atoms with Crippen LogP contribution < -0.4 is 5.32 Å². The third-order valence-electron chi connectivity index (χ3n) is 2.48. The molecule has 0 saturated carbocycles. The second-order valence-electron chi connectivity index (χ2n) is 3.68. The summed E-state index contributed by atoms with van der Waals surface area (Å²) in [4.78, 5) is 0. The summed E-state index contributed by atoms with van der Waals surface area (Å²) in [6.07, 6.45) is 2.06. The molecule has 0 aliphatic heterocycles. The number of aliphatic hydroxyl groups excluding tert-OH is 1. The number of aliphatic hydroxyl groups is 1. The molecular weight excluding hydrogens is 244 g/mol. The van der Waals surface area contributed by atoms with Gasteiger partial charge < -0.3 is 10.4 Å². The molecule has 1 aromatic carbocycles. The van der Waals surface area contributed by atoms with Gasteiger partial charge in [-0.25, -0.2) is 0 Å². The van der Waals surface area contributed by atoms with E-state index < -0.39 is 0 Å². The summed E-state index contributed by atoms with van der Waals surface area (Å²) >= 11 is 0. The van der Waals surface area contributed by atoms with Gasteiger partial charge in [0.25, 0.3) is 0 Å². The van der Waals surface area contributed by atoms with E-state index in [0.29, 0.717) is 6.42 Å². The average molecular weight is 256 g/mol. The zero-order chi connectivity index (χ0) is 13.5. The molecule has 1 heterocycles. The van der Waals surface area contributed by atoms with E-state index in [2.05, 4.69) is 25.9 Å². The van der Waals surface area contributed by atoms with Crippen LogP contribution in [0.3, 0.4) is 0 Å². The number of benzene rings is 1. The smallest absolute Gasteiger partial charge is 0.216 e. The van der Waals surface area contributed by atoms with Gasteiger partial charge in [-0.05, 0) is 23.3 Å². The van der Waals surface area contributed by atoms with Crippen LogP contribution >= 0.6 is 0 Å². The highest BCUT2D eigenvalue weighted by Crippen LogP contribution is 2.16. The fraction of sp³-hybridized carbons (Fsp3) is 0.167. The van der Waals surface area contributed by atoms with Crippen LogP contribution in [0.5, 0.6) is 0 Å². The lowest BCUT2D eigenvalue weighted by molar-refractivity contribution is 0.300. The SMILES string of the molecule is N#CC(=CNc1ccccc1CCO)c1nn[nH]n1. The molecule has 0 amide bonds. The standard InChI is InChI=1S/C12H12N6O/c13-7-10(12-15-17-18-16-12)8-14-11-4-2-1-3-9(11)5-6-19/h1-4,8,14,19H,5-6H2,(H,15,16,17,18). The van der Waals surface area contributed by atoms with Crippen LogP contribution in [0.25, 0.3) is 5.57 Å². The van der Waals surface area contributed by atoms with Crippen molar-refractivity contribution in [3.05, 3.63) is 41.9 Å². The molecule has 19 heavy (non-hydrogen) atoms. The highest BCUT2D eigenvalue weighted by molar-refractivity contribution is 5.74. The van der Waals surface area contributed by atoms with Gasteiger partial charge >= 0.3 is 0 Å². The summed E-state index contributed by atoms with van der Waals surface area (Å²) in [5, 5.41) is 34.2. The first-order chi connectivity index (χ1) is 9.35. The van der Waals surface area contributed by atoms with Crippen LogP contribution in [0.15, 0.2) is 30.5 Å². The molecule has 2 aromatic rings. The van der Waals surface area contributed by atoms with E-state index in [4.69, 9.17) is 10.4 Å². The van der Waals surface area contributed by atoms with Crippen molar-refractivity contribution in [1.82, 2.24) is 20.6 Å². The highest BCUT2D eigenvalue weighted by atomic mass is 16.2. The van der Waals surface area contributed by atoms with Gasteiger partial charge in [-0.3, -0.25) is 0 Å². The van der Waals surface area contributed by atoms with Gasteiger partial charge in [0.2, 0.25) is 5.82 Å². The van der Waals surface area contributed by atoms with Gasteiger partial charge in [0.15, 0.2) is 0 Å². The molecule has 7 heteroatoms. The quantitative estimate of drug-likeness (QED) is 0.679. The molecular formula is C12H12N6O. The number of tetrazole rings is 1. The van der Waals surface area contributed by atoms with Crippen molar-refractivity contribution in [2.45, 2.75) is 6.42 Å². The van der Waals surface area contributed by atoms with E-state index in [1.165, 1.54) is 6.20 Å². The van der Waals surface area contributed by atoms with E-state index >= 15 is 0 Å². The van der Waals surface area contributed by atoms with Crippen LogP contribution in [0.1, 0.15) is 11.4 Å². The molecule has 7 nitrogen and oxygen atoms in total. The van der Waals surface area contributed by atoms with Crippen molar-refractivity contribution in [3.8, 4) is 6.07 Å². The van der Waals surface area contributed by atoms with Crippen LogP contribution in [0.2, 0.25) is 0 Å². The number of aromatic amines is 1. The topological polar surface area (TPSA) is 111 Å². The third-order valence-corrected chi connectivity index (χ3v) is 2.48. The zero-order valence-electron chi connectivity index (χ0n) is 10.0. The molecule has 0 spiro atoms. The Morgan fingerprint density at radius 1 is 1.47 bits per heavy atom. The summed E-state index contributed by atoms with van der Waals surface area (Å²) < 4.78 is 0. The Morgan fingerprint density at radius 3 is 3.00 bits per heavy atom. The minimum absolute atomic E-state index is 0.0678. The van der Waals surface area contributed by atoms with Crippen molar-refractivity contribution in [3.63, 3.8) is 0 Å². The predicted molar refractivity (Wildman–Crippen MR) is 68.6 cm³/mol. The molecule has 0 unspecified atom stereocenters. The summed E-state index contributed by atoms with van der Waals surface area (Å²) in [5.74, 6) is 0.231. The van der Waals surface area contributed by atoms with Gasteiger partial charge in [0.05, 0.1) is 0 Å². The number of nitrogens with one attached hydrogen (secondary N) is 2. The first-order valence-corrected chi connectivity index (χ1v) is 5.64. The summed E-state index contributed by atoms with van der Waals surface area (Å²) in [6.45, 7) is 0.0678. The number of anilines is 1. The second kappa shape index (κ2) is 6.28. The molecule has 96 valence electrons. The van der Waals surface area contributed by atoms with Gasteiger partial charge in [0.1, 0.15) is 11.6 Å². The average Bonchev–Trinajstić information content (AvgIpc) is 2.96. The number of nitriles is 1. The normalized spacial score (nSPS) is 11.1. The van der Waals surface area contributed by atoms with E-state index in [-0.39, 0.29) is 18.0 Å². The van der Waals surface area contributed by atoms with Crippen LogP contribution in [0, 0.1) is 11.3 Å². The van der Waals surface area contributed by atoms with Crippen LogP contribution in [-0.2, 0) is 6.42 Å². The van der Waals surface area contributed by atoms with Gasteiger partial charge in [-0.1, -0.05) is 18.2 Å². The number of H-pyrrole nitrogens is 1. The lowest BCUT2D eigenvalue weighted by atomic mass is 10.1.